The second kappa shape index (κ2) is 9.88. The van der Waals surface area contributed by atoms with Crippen molar-refractivity contribution in [2.75, 3.05) is 17.7 Å². The zero-order chi connectivity index (χ0) is 22.3. The predicted molar refractivity (Wildman–Crippen MR) is 127 cm³/mol. The van der Waals surface area contributed by atoms with Crippen LogP contribution in [0.25, 0.3) is 0 Å². The minimum Gasteiger partial charge on any atom is -0.465 e. The smallest absolute Gasteiger partial charge is 0.338 e. The Bertz CT molecular complexity index is 1220. The second-order valence-electron chi connectivity index (χ2n) is 7.07. The van der Waals surface area contributed by atoms with E-state index in [-0.39, 0.29) is 5.97 Å². The van der Waals surface area contributed by atoms with Gasteiger partial charge in [-0.15, -0.1) is 0 Å². The van der Waals surface area contributed by atoms with Gasteiger partial charge in [0.15, 0.2) is 5.11 Å². The Hall–Kier alpha value is -3.98. The maximum absolute atomic E-state index is 12.0. The first kappa shape index (κ1) is 21.3. The van der Waals surface area contributed by atoms with Crippen LogP contribution in [-0.4, -0.2) is 37.8 Å². The Morgan fingerprint density at radius 3 is 2.16 bits per heavy atom. The fraction of sp³-hybridized carbons (Fsp3) is 0.130. The highest BCUT2D eigenvalue weighted by Crippen LogP contribution is 2.14. The van der Waals surface area contributed by atoms with E-state index in [1.54, 1.807) is 29.2 Å². The molecule has 2 N–H and O–H groups in total. The van der Waals surface area contributed by atoms with Crippen LogP contribution in [0.1, 0.15) is 21.5 Å². The van der Waals surface area contributed by atoms with Gasteiger partial charge >= 0.3 is 5.97 Å². The molecule has 2 aromatic heterocycles. The molecule has 4 aromatic rings. The molecule has 0 spiro atoms. The van der Waals surface area contributed by atoms with Crippen molar-refractivity contribution in [3.8, 4) is 0 Å². The highest BCUT2D eigenvalue weighted by molar-refractivity contribution is 7.80. The minimum absolute atomic E-state index is 0.371. The van der Waals surface area contributed by atoms with Crippen molar-refractivity contribution in [2.24, 2.45) is 0 Å². The molecule has 2 aromatic carbocycles. The molecule has 0 amide bonds. The number of esters is 1. The average Bonchev–Trinajstić information content (AvgIpc) is 3.43. The number of rotatable bonds is 7. The summed E-state index contributed by atoms with van der Waals surface area (Å²) in [4.78, 5) is 12.0. The van der Waals surface area contributed by atoms with Crippen LogP contribution in [0.3, 0.4) is 0 Å². The van der Waals surface area contributed by atoms with Gasteiger partial charge in [0.05, 0.1) is 49.5 Å². The lowest BCUT2D eigenvalue weighted by Gasteiger charge is -2.08. The lowest BCUT2D eigenvalue weighted by molar-refractivity contribution is 0.0599. The number of thiocarbonyl (C=S) groups is 1. The summed E-state index contributed by atoms with van der Waals surface area (Å²) in [5.41, 5.74) is 4.03. The molecular weight excluding hydrogens is 424 g/mol. The highest BCUT2D eigenvalue weighted by atomic mass is 32.1. The van der Waals surface area contributed by atoms with E-state index < -0.39 is 0 Å². The van der Waals surface area contributed by atoms with Crippen LogP contribution in [0.2, 0.25) is 0 Å². The number of carbonyl (C=O) groups excluding carboxylic acids is 1. The third-order valence-electron chi connectivity index (χ3n) is 4.72. The standard InChI is InChI=1S/C23H22N6O2S/c1-31-22(30)21-10-6-5-9-18(21)14-29-16-20(12-25-29)27-23(32)26-19-11-24-28(15-19)13-17-7-3-2-4-8-17/h2-12,15-16H,13-14H2,1H3,(H2,26,27,32). The fourth-order valence-electron chi connectivity index (χ4n) is 3.23. The van der Waals surface area contributed by atoms with Crippen LogP contribution in [-0.2, 0) is 17.8 Å². The van der Waals surface area contributed by atoms with Crippen LogP contribution < -0.4 is 10.6 Å². The first-order chi connectivity index (χ1) is 15.6. The Morgan fingerprint density at radius 2 is 1.50 bits per heavy atom. The van der Waals surface area contributed by atoms with Gasteiger partial charge in [0.25, 0.3) is 0 Å². The number of aromatic nitrogens is 4. The molecule has 0 aliphatic carbocycles. The Kier molecular flexibility index (Phi) is 6.57. The quantitative estimate of drug-likeness (QED) is 0.330. The molecule has 0 aliphatic heterocycles. The second-order valence-corrected chi connectivity index (χ2v) is 7.47. The van der Waals surface area contributed by atoms with Gasteiger partial charge in [-0.3, -0.25) is 9.36 Å². The summed E-state index contributed by atoms with van der Waals surface area (Å²) in [5.74, 6) is -0.371. The van der Waals surface area contributed by atoms with Crippen molar-refractivity contribution >= 4 is 34.7 Å². The van der Waals surface area contributed by atoms with E-state index in [9.17, 15) is 4.79 Å². The lowest BCUT2D eigenvalue weighted by atomic mass is 10.1. The summed E-state index contributed by atoms with van der Waals surface area (Å²) in [7, 11) is 1.37. The van der Waals surface area contributed by atoms with Gasteiger partial charge in [0.1, 0.15) is 0 Å². The van der Waals surface area contributed by atoms with Gasteiger partial charge in [-0.1, -0.05) is 48.5 Å². The molecule has 0 fully saturated rings. The monoisotopic (exact) mass is 446 g/mol. The number of hydrogen-bond acceptors (Lipinski definition) is 5. The van der Waals surface area contributed by atoms with Crippen LogP contribution in [0.4, 0.5) is 11.4 Å². The SMILES string of the molecule is COC(=O)c1ccccc1Cn1cc(NC(=S)Nc2cnn(Cc3ccccc3)c2)cn1. The van der Waals surface area contributed by atoms with E-state index in [2.05, 4.69) is 33.0 Å². The Balaban J connectivity index is 1.34. The van der Waals surface area contributed by atoms with E-state index in [4.69, 9.17) is 17.0 Å². The summed E-state index contributed by atoms with van der Waals surface area (Å²) >= 11 is 5.41. The van der Waals surface area contributed by atoms with Gasteiger partial charge in [0.2, 0.25) is 0 Å². The molecule has 4 rings (SSSR count). The van der Waals surface area contributed by atoms with Crippen molar-refractivity contribution in [3.63, 3.8) is 0 Å². The molecular formula is C23H22N6O2S. The van der Waals surface area contributed by atoms with E-state index in [0.717, 1.165) is 16.9 Å². The van der Waals surface area contributed by atoms with Crippen LogP contribution >= 0.6 is 12.2 Å². The summed E-state index contributed by atoms with van der Waals surface area (Å²) in [5, 5.41) is 15.4. The zero-order valence-electron chi connectivity index (χ0n) is 17.4. The third kappa shape index (κ3) is 5.38. The van der Waals surface area contributed by atoms with E-state index in [1.165, 1.54) is 12.7 Å². The number of methoxy groups -OCH3 is 1. The fourth-order valence-corrected chi connectivity index (χ4v) is 3.47. The van der Waals surface area contributed by atoms with Gasteiger partial charge in [-0.2, -0.15) is 10.2 Å². The molecule has 0 unspecified atom stereocenters. The summed E-state index contributed by atoms with van der Waals surface area (Å²) in [6.45, 7) is 1.11. The third-order valence-corrected chi connectivity index (χ3v) is 4.93. The highest BCUT2D eigenvalue weighted by Gasteiger charge is 2.12. The van der Waals surface area contributed by atoms with Crippen LogP contribution in [0.5, 0.6) is 0 Å². The van der Waals surface area contributed by atoms with Crippen molar-refractivity contribution in [2.45, 2.75) is 13.1 Å². The minimum atomic E-state index is -0.371. The zero-order valence-corrected chi connectivity index (χ0v) is 18.2. The topological polar surface area (TPSA) is 86.0 Å². The van der Waals surface area contributed by atoms with Gasteiger partial charge < -0.3 is 15.4 Å². The van der Waals surface area contributed by atoms with Crippen molar-refractivity contribution < 1.29 is 9.53 Å². The van der Waals surface area contributed by atoms with E-state index in [1.807, 2.05) is 47.4 Å². The number of nitrogens with zero attached hydrogens (tertiary/aromatic N) is 4. The summed E-state index contributed by atoms with van der Waals surface area (Å²) in [6, 6.07) is 17.4. The number of hydrogen-bond donors (Lipinski definition) is 2. The first-order valence-corrected chi connectivity index (χ1v) is 10.3. The van der Waals surface area contributed by atoms with Crippen molar-refractivity contribution in [3.05, 3.63) is 96.1 Å². The molecule has 0 atom stereocenters. The van der Waals surface area contributed by atoms with Gasteiger partial charge in [0, 0.05) is 12.4 Å². The number of benzene rings is 2. The summed E-state index contributed by atoms with van der Waals surface area (Å²) < 4.78 is 8.42. The molecule has 32 heavy (non-hydrogen) atoms. The molecule has 0 saturated heterocycles. The maximum atomic E-state index is 12.0. The molecule has 8 nitrogen and oxygen atoms in total. The average molecular weight is 447 g/mol. The van der Waals surface area contributed by atoms with E-state index >= 15 is 0 Å². The largest absolute Gasteiger partial charge is 0.465 e. The number of carbonyl (C=O) groups is 1. The molecule has 0 bridgehead atoms. The van der Waals surface area contributed by atoms with Gasteiger partial charge in [-0.05, 0) is 29.4 Å². The Labute approximate surface area is 190 Å². The lowest BCUT2D eigenvalue weighted by Crippen LogP contribution is -2.18. The summed E-state index contributed by atoms with van der Waals surface area (Å²) in [6.07, 6.45) is 7.12. The first-order valence-electron chi connectivity index (χ1n) is 9.94. The molecule has 0 radical (unpaired) electrons. The van der Waals surface area contributed by atoms with Gasteiger partial charge in [-0.25, -0.2) is 4.79 Å². The molecule has 2 heterocycles. The van der Waals surface area contributed by atoms with Crippen LogP contribution in [0, 0.1) is 0 Å². The van der Waals surface area contributed by atoms with Crippen LogP contribution in [0.15, 0.2) is 79.4 Å². The predicted octanol–water partition coefficient (Wildman–Crippen LogP) is 3.77. The molecule has 162 valence electrons. The normalized spacial score (nSPS) is 10.5. The van der Waals surface area contributed by atoms with Crippen molar-refractivity contribution in [1.29, 1.82) is 0 Å². The molecule has 0 aliphatic rings. The molecule has 0 saturated carbocycles. The number of nitrogens with one attached hydrogen (secondary N) is 2. The number of ether oxygens (including phenoxy) is 1. The Morgan fingerprint density at radius 1 is 0.906 bits per heavy atom. The van der Waals surface area contributed by atoms with E-state index in [0.29, 0.717) is 23.8 Å². The maximum Gasteiger partial charge on any atom is 0.338 e. The number of anilines is 2. The van der Waals surface area contributed by atoms with Crippen molar-refractivity contribution in [1.82, 2.24) is 19.6 Å². The molecule has 9 heteroatoms.